The number of benzene rings is 1. The number of ether oxygens (including phenoxy) is 1. The van der Waals surface area contributed by atoms with Gasteiger partial charge in [-0.1, -0.05) is 42.5 Å². The van der Waals surface area contributed by atoms with Crippen LogP contribution in [0.25, 0.3) is 0 Å². The Morgan fingerprint density at radius 3 is 2.67 bits per heavy atom. The van der Waals surface area contributed by atoms with E-state index < -0.39 is 0 Å². The zero-order valence-electron chi connectivity index (χ0n) is 12.6. The van der Waals surface area contributed by atoms with Gasteiger partial charge in [-0.05, 0) is 50.3 Å². The quantitative estimate of drug-likeness (QED) is 0.780. The lowest BCUT2D eigenvalue weighted by Gasteiger charge is -2.33. The molecule has 2 nitrogen and oxygen atoms in total. The monoisotopic (exact) mass is 327 g/mol. The minimum absolute atomic E-state index is 0.180. The molecule has 0 aromatic heterocycles. The van der Waals surface area contributed by atoms with Gasteiger partial charge in [-0.25, -0.2) is 0 Å². The van der Waals surface area contributed by atoms with Gasteiger partial charge in [0.15, 0.2) is 0 Å². The molecule has 1 aromatic carbocycles. The van der Waals surface area contributed by atoms with Crippen LogP contribution in [0.4, 0.5) is 5.69 Å². The summed E-state index contributed by atoms with van der Waals surface area (Å²) in [5.41, 5.74) is 2.09. The lowest BCUT2D eigenvalue weighted by Crippen LogP contribution is -2.33. The van der Waals surface area contributed by atoms with Crippen molar-refractivity contribution in [3.63, 3.8) is 0 Å². The van der Waals surface area contributed by atoms with Gasteiger partial charge < -0.3 is 10.1 Å². The van der Waals surface area contributed by atoms with Crippen LogP contribution in [-0.2, 0) is 4.74 Å². The Labute approximate surface area is 137 Å². The number of hydrogen-bond acceptors (Lipinski definition) is 2. The second kappa shape index (κ2) is 6.36. The van der Waals surface area contributed by atoms with Crippen molar-refractivity contribution in [2.75, 3.05) is 11.9 Å². The highest BCUT2D eigenvalue weighted by molar-refractivity contribution is 6.35. The van der Waals surface area contributed by atoms with Crippen molar-refractivity contribution in [1.82, 2.24) is 0 Å². The highest BCUT2D eigenvalue weighted by atomic mass is 35.5. The van der Waals surface area contributed by atoms with E-state index in [2.05, 4.69) is 5.32 Å². The van der Waals surface area contributed by atoms with Gasteiger partial charge in [0.1, 0.15) is 0 Å². The van der Waals surface area contributed by atoms with Gasteiger partial charge in [-0.2, -0.15) is 0 Å². The standard InChI is InChI=1S/C17H23Cl2NO/c1-12-9-15(19)16(10-14(12)18)20-11-13-5-8-17(21-13)6-3-2-4-7-17/h9-10,13,20H,2-8,11H2,1H3. The number of hydrogen-bond donors (Lipinski definition) is 1. The van der Waals surface area contributed by atoms with E-state index in [9.17, 15) is 0 Å². The van der Waals surface area contributed by atoms with E-state index in [0.717, 1.165) is 34.3 Å². The minimum atomic E-state index is 0.180. The Hall–Kier alpha value is -0.440. The van der Waals surface area contributed by atoms with E-state index in [1.807, 2.05) is 19.1 Å². The maximum atomic E-state index is 6.37. The van der Waals surface area contributed by atoms with E-state index in [1.165, 1.54) is 38.5 Å². The molecular weight excluding hydrogens is 305 g/mol. The van der Waals surface area contributed by atoms with Crippen molar-refractivity contribution in [2.45, 2.75) is 63.6 Å². The summed E-state index contributed by atoms with van der Waals surface area (Å²) < 4.78 is 6.37. The molecule has 1 unspecified atom stereocenters. The van der Waals surface area contributed by atoms with E-state index >= 15 is 0 Å². The van der Waals surface area contributed by atoms with Crippen LogP contribution in [0.15, 0.2) is 12.1 Å². The molecule has 1 spiro atoms. The Balaban J connectivity index is 1.58. The summed E-state index contributed by atoms with van der Waals surface area (Å²) in [7, 11) is 0. The van der Waals surface area contributed by atoms with Crippen molar-refractivity contribution in [1.29, 1.82) is 0 Å². The molecule has 1 aliphatic carbocycles. The summed E-state index contributed by atoms with van der Waals surface area (Å²) in [5.74, 6) is 0. The number of aryl methyl sites for hydroxylation is 1. The molecule has 21 heavy (non-hydrogen) atoms. The largest absolute Gasteiger partial charge is 0.381 e. The average Bonchev–Trinajstić information content (AvgIpc) is 2.85. The first kappa shape index (κ1) is 15.5. The zero-order valence-corrected chi connectivity index (χ0v) is 14.1. The van der Waals surface area contributed by atoms with Crippen LogP contribution in [-0.4, -0.2) is 18.2 Å². The van der Waals surface area contributed by atoms with Gasteiger partial charge >= 0.3 is 0 Å². The number of nitrogens with one attached hydrogen (secondary N) is 1. The smallest absolute Gasteiger partial charge is 0.0756 e. The molecule has 2 aliphatic rings. The van der Waals surface area contributed by atoms with Gasteiger partial charge in [-0.15, -0.1) is 0 Å². The highest BCUT2D eigenvalue weighted by Crippen LogP contribution is 2.42. The third-order valence-electron chi connectivity index (χ3n) is 4.87. The van der Waals surface area contributed by atoms with Crippen molar-refractivity contribution in [2.24, 2.45) is 0 Å². The van der Waals surface area contributed by atoms with Gasteiger partial charge in [0.25, 0.3) is 0 Å². The topological polar surface area (TPSA) is 21.3 Å². The normalized spacial score (nSPS) is 24.4. The summed E-state index contributed by atoms with van der Waals surface area (Å²) in [6.07, 6.45) is 9.12. The summed E-state index contributed by atoms with van der Waals surface area (Å²) in [6.45, 7) is 2.77. The number of halogens is 2. The molecule has 1 saturated carbocycles. The Kier molecular flexibility index (Phi) is 4.68. The predicted molar refractivity (Wildman–Crippen MR) is 89.6 cm³/mol. The molecule has 0 amide bonds. The van der Waals surface area contributed by atoms with Crippen LogP contribution in [0.5, 0.6) is 0 Å². The molecular formula is C17H23Cl2NO. The number of anilines is 1. The molecule has 4 heteroatoms. The Morgan fingerprint density at radius 2 is 1.90 bits per heavy atom. The second-order valence-corrected chi connectivity index (χ2v) is 7.30. The summed E-state index contributed by atoms with van der Waals surface area (Å²) in [5, 5.41) is 4.88. The van der Waals surface area contributed by atoms with Gasteiger partial charge in [0.05, 0.1) is 22.4 Å². The van der Waals surface area contributed by atoms with Crippen LogP contribution in [0.1, 0.15) is 50.5 Å². The first-order chi connectivity index (χ1) is 10.1. The van der Waals surface area contributed by atoms with Crippen molar-refractivity contribution < 1.29 is 4.74 Å². The van der Waals surface area contributed by atoms with Crippen LogP contribution in [0.3, 0.4) is 0 Å². The first-order valence-corrected chi connectivity index (χ1v) is 8.71. The molecule has 1 heterocycles. The number of rotatable bonds is 3. The van der Waals surface area contributed by atoms with Crippen molar-refractivity contribution >= 4 is 28.9 Å². The lowest BCUT2D eigenvalue weighted by atomic mass is 9.83. The SMILES string of the molecule is Cc1cc(Cl)c(NCC2CCC3(CCCCC3)O2)cc1Cl. The van der Waals surface area contributed by atoms with Crippen LogP contribution in [0.2, 0.25) is 10.0 Å². The summed E-state index contributed by atoms with van der Waals surface area (Å²) in [4.78, 5) is 0. The zero-order chi connectivity index (χ0) is 14.9. The minimum Gasteiger partial charge on any atom is -0.381 e. The first-order valence-electron chi connectivity index (χ1n) is 7.95. The second-order valence-electron chi connectivity index (χ2n) is 6.48. The lowest BCUT2D eigenvalue weighted by molar-refractivity contribution is -0.0588. The summed E-state index contributed by atoms with van der Waals surface area (Å²) >= 11 is 12.4. The molecule has 1 atom stereocenters. The molecule has 2 fully saturated rings. The fraction of sp³-hybridized carbons (Fsp3) is 0.647. The molecule has 1 aromatic rings. The van der Waals surface area contributed by atoms with Gasteiger partial charge in [0, 0.05) is 11.6 Å². The van der Waals surface area contributed by atoms with Gasteiger partial charge in [-0.3, -0.25) is 0 Å². The van der Waals surface area contributed by atoms with Crippen LogP contribution >= 0.6 is 23.2 Å². The highest BCUT2D eigenvalue weighted by Gasteiger charge is 2.40. The van der Waals surface area contributed by atoms with E-state index in [1.54, 1.807) is 0 Å². The van der Waals surface area contributed by atoms with Crippen molar-refractivity contribution in [3.05, 3.63) is 27.7 Å². The Morgan fingerprint density at radius 1 is 1.14 bits per heavy atom. The molecule has 1 saturated heterocycles. The van der Waals surface area contributed by atoms with Crippen LogP contribution < -0.4 is 5.32 Å². The predicted octanol–water partition coefficient (Wildman–Crippen LogP) is 5.60. The third-order valence-corrected chi connectivity index (χ3v) is 5.59. The molecule has 1 N–H and O–H groups in total. The van der Waals surface area contributed by atoms with Crippen molar-refractivity contribution in [3.8, 4) is 0 Å². The van der Waals surface area contributed by atoms with Gasteiger partial charge in [0.2, 0.25) is 0 Å². The van der Waals surface area contributed by atoms with E-state index in [4.69, 9.17) is 27.9 Å². The average molecular weight is 328 g/mol. The molecule has 0 radical (unpaired) electrons. The third kappa shape index (κ3) is 3.49. The maximum Gasteiger partial charge on any atom is 0.0756 e. The molecule has 3 rings (SSSR count). The fourth-order valence-electron chi connectivity index (χ4n) is 3.61. The van der Waals surface area contributed by atoms with Crippen LogP contribution in [0, 0.1) is 6.92 Å². The fourth-order valence-corrected chi connectivity index (χ4v) is 4.06. The molecule has 0 bridgehead atoms. The molecule has 1 aliphatic heterocycles. The maximum absolute atomic E-state index is 6.37. The van der Waals surface area contributed by atoms with E-state index in [0.29, 0.717) is 6.10 Å². The summed E-state index contributed by atoms with van der Waals surface area (Å²) in [6, 6.07) is 3.81. The Bertz CT molecular complexity index is 512. The molecule has 116 valence electrons. The van der Waals surface area contributed by atoms with E-state index in [-0.39, 0.29) is 5.60 Å².